The number of rotatable bonds is 3. The molecule has 0 atom stereocenters. The molecular formula is C19H21N3O2. The summed E-state index contributed by atoms with van der Waals surface area (Å²) in [5.74, 6) is -1.36. The lowest BCUT2D eigenvalue weighted by molar-refractivity contribution is -0.132. The summed E-state index contributed by atoms with van der Waals surface area (Å²) in [6.45, 7) is 2.15. The Morgan fingerprint density at radius 3 is 1.83 bits per heavy atom. The smallest absolute Gasteiger partial charge is 0.314 e. The van der Waals surface area contributed by atoms with E-state index in [-0.39, 0.29) is 0 Å². The summed E-state index contributed by atoms with van der Waals surface area (Å²) in [5, 5.41) is 5.19. The van der Waals surface area contributed by atoms with Crippen LogP contribution < -0.4 is 15.5 Å². The van der Waals surface area contributed by atoms with Crippen LogP contribution in [0.1, 0.15) is 19.3 Å². The second kappa shape index (κ2) is 7.64. The number of carbonyl (C=O) groups excluding carboxylic acids is 2. The highest BCUT2D eigenvalue weighted by Crippen LogP contribution is 2.21. The van der Waals surface area contributed by atoms with Crippen LogP contribution in [0.25, 0.3) is 0 Å². The zero-order valence-electron chi connectivity index (χ0n) is 13.5. The molecule has 2 N–H and O–H groups in total. The summed E-state index contributed by atoms with van der Waals surface area (Å²) >= 11 is 0. The molecule has 1 heterocycles. The zero-order chi connectivity index (χ0) is 16.8. The molecule has 0 radical (unpaired) electrons. The molecule has 1 aliphatic rings. The Hall–Kier alpha value is -2.82. The van der Waals surface area contributed by atoms with E-state index in [1.807, 2.05) is 30.3 Å². The lowest BCUT2D eigenvalue weighted by Gasteiger charge is -2.28. The van der Waals surface area contributed by atoms with E-state index in [9.17, 15) is 9.59 Å². The van der Waals surface area contributed by atoms with Crippen LogP contribution in [-0.4, -0.2) is 24.9 Å². The molecule has 2 aromatic rings. The molecule has 1 fully saturated rings. The predicted octanol–water partition coefficient (Wildman–Crippen LogP) is 3.25. The molecule has 0 spiro atoms. The number of anilines is 3. The minimum atomic E-state index is -0.679. The summed E-state index contributed by atoms with van der Waals surface area (Å²) in [5.41, 5.74) is 2.36. The van der Waals surface area contributed by atoms with Gasteiger partial charge in [-0.05, 0) is 55.7 Å². The Balaban J connectivity index is 1.57. The molecule has 0 aromatic heterocycles. The lowest BCUT2D eigenvalue weighted by atomic mass is 10.1. The van der Waals surface area contributed by atoms with Crippen molar-refractivity contribution in [2.75, 3.05) is 28.6 Å². The number of hydrogen-bond donors (Lipinski definition) is 2. The topological polar surface area (TPSA) is 61.4 Å². The average molecular weight is 323 g/mol. The van der Waals surface area contributed by atoms with Crippen molar-refractivity contribution in [3.63, 3.8) is 0 Å². The molecule has 0 bridgehead atoms. The van der Waals surface area contributed by atoms with Gasteiger partial charge in [-0.3, -0.25) is 9.59 Å². The average Bonchev–Trinajstić information content (AvgIpc) is 2.64. The first kappa shape index (κ1) is 16.1. The third-order valence-electron chi connectivity index (χ3n) is 4.08. The highest BCUT2D eigenvalue weighted by molar-refractivity contribution is 6.43. The fourth-order valence-corrected chi connectivity index (χ4v) is 2.80. The van der Waals surface area contributed by atoms with E-state index in [1.54, 1.807) is 24.3 Å². The summed E-state index contributed by atoms with van der Waals surface area (Å²) in [6, 6.07) is 16.5. The van der Waals surface area contributed by atoms with Crippen molar-refractivity contribution in [1.82, 2.24) is 0 Å². The minimum absolute atomic E-state index is 0.595. The van der Waals surface area contributed by atoms with Crippen molar-refractivity contribution in [1.29, 1.82) is 0 Å². The van der Waals surface area contributed by atoms with Gasteiger partial charge in [-0.1, -0.05) is 18.2 Å². The van der Waals surface area contributed by atoms with Crippen LogP contribution in [0, 0.1) is 0 Å². The van der Waals surface area contributed by atoms with E-state index in [0.29, 0.717) is 11.4 Å². The molecule has 2 aromatic carbocycles. The van der Waals surface area contributed by atoms with Gasteiger partial charge in [0.2, 0.25) is 0 Å². The van der Waals surface area contributed by atoms with Crippen molar-refractivity contribution >= 4 is 28.9 Å². The number of nitrogens with zero attached hydrogens (tertiary/aromatic N) is 1. The first-order chi connectivity index (χ1) is 11.7. The second-order valence-electron chi connectivity index (χ2n) is 5.87. The van der Waals surface area contributed by atoms with Crippen LogP contribution in [-0.2, 0) is 9.59 Å². The molecule has 24 heavy (non-hydrogen) atoms. The Labute approximate surface area is 141 Å². The van der Waals surface area contributed by atoms with Crippen LogP contribution >= 0.6 is 0 Å². The molecule has 5 nitrogen and oxygen atoms in total. The maximum atomic E-state index is 12.0. The maximum Gasteiger partial charge on any atom is 0.314 e. The van der Waals surface area contributed by atoms with E-state index < -0.39 is 11.8 Å². The number of nitrogens with one attached hydrogen (secondary N) is 2. The largest absolute Gasteiger partial charge is 0.372 e. The zero-order valence-corrected chi connectivity index (χ0v) is 13.5. The molecule has 1 aliphatic heterocycles. The van der Waals surface area contributed by atoms with Gasteiger partial charge in [-0.25, -0.2) is 0 Å². The SMILES string of the molecule is O=C(Nc1ccccc1)C(=O)Nc1ccc(N2CCCCC2)cc1. The number of carbonyl (C=O) groups is 2. The van der Waals surface area contributed by atoms with Crippen molar-refractivity contribution < 1.29 is 9.59 Å². The number of benzene rings is 2. The second-order valence-corrected chi connectivity index (χ2v) is 5.87. The molecule has 1 saturated heterocycles. The first-order valence-corrected chi connectivity index (χ1v) is 8.25. The van der Waals surface area contributed by atoms with Gasteiger partial charge in [0.25, 0.3) is 0 Å². The van der Waals surface area contributed by atoms with E-state index in [2.05, 4.69) is 15.5 Å². The van der Waals surface area contributed by atoms with Crippen molar-refractivity contribution in [2.45, 2.75) is 19.3 Å². The molecule has 2 amide bonds. The number of amides is 2. The third-order valence-corrected chi connectivity index (χ3v) is 4.08. The molecule has 5 heteroatoms. The van der Waals surface area contributed by atoms with Crippen LogP contribution in [0.5, 0.6) is 0 Å². The summed E-state index contributed by atoms with van der Waals surface area (Å²) in [6.07, 6.45) is 3.73. The number of hydrogen-bond acceptors (Lipinski definition) is 3. The molecule has 0 saturated carbocycles. The van der Waals surface area contributed by atoms with Gasteiger partial charge in [-0.15, -0.1) is 0 Å². The molecular weight excluding hydrogens is 302 g/mol. The Morgan fingerprint density at radius 1 is 0.708 bits per heavy atom. The molecule has 124 valence electrons. The number of piperidine rings is 1. The highest BCUT2D eigenvalue weighted by atomic mass is 16.2. The standard InChI is InChI=1S/C19H21N3O2/c23-18(20-15-7-3-1-4-8-15)19(24)21-16-9-11-17(12-10-16)22-13-5-2-6-14-22/h1,3-4,7-12H,2,5-6,13-14H2,(H,20,23)(H,21,24). The summed E-state index contributed by atoms with van der Waals surface area (Å²) < 4.78 is 0. The Morgan fingerprint density at radius 2 is 1.25 bits per heavy atom. The maximum absolute atomic E-state index is 12.0. The van der Waals surface area contributed by atoms with Crippen LogP contribution in [0.2, 0.25) is 0 Å². The van der Waals surface area contributed by atoms with Crippen molar-refractivity contribution in [3.8, 4) is 0 Å². The van der Waals surface area contributed by atoms with Gasteiger partial charge in [0, 0.05) is 30.2 Å². The summed E-state index contributed by atoms with van der Waals surface area (Å²) in [4.78, 5) is 26.2. The van der Waals surface area contributed by atoms with Gasteiger partial charge in [0.15, 0.2) is 0 Å². The van der Waals surface area contributed by atoms with E-state index in [4.69, 9.17) is 0 Å². The summed E-state index contributed by atoms with van der Waals surface area (Å²) in [7, 11) is 0. The first-order valence-electron chi connectivity index (χ1n) is 8.25. The van der Waals surface area contributed by atoms with Crippen LogP contribution in [0.15, 0.2) is 54.6 Å². The van der Waals surface area contributed by atoms with E-state index >= 15 is 0 Å². The van der Waals surface area contributed by atoms with Gasteiger partial charge < -0.3 is 15.5 Å². The van der Waals surface area contributed by atoms with Gasteiger partial charge in [-0.2, -0.15) is 0 Å². The normalized spacial score (nSPS) is 14.1. The molecule has 0 unspecified atom stereocenters. The van der Waals surface area contributed by atoms with Crippen LogP contribution in [0.4, 0.5) is 17.1 Å². The Kier molecular flexibility index (Phi) is 5.11. The molecule has 3 rings (SSSR count). The van der Waals surface area contributed by atoms with Crippen LogP contribution in [0.3, 0.4) is 0 Å². The number of para-hydroxylation sites is 1. The lowest BCUT2D eigenvalue weighted by Crippen LogP contribution is -2.30. The predicted molar refractivity (Wildman–Crippen MR) is 96.2 cm³/mol. The monoisotopic (exact) mass is 323 g/mol. The Bertz CT molecular complexity index is 692. The molecule has 0 aliphatic carbocycles. The third kappa shape index (κ3) is 4.13. The fraction of sp³-hybridized carbons (Fsp3) is 0.263. The van der Waals surface area contributed by atoms with Gasteiger partial charge in [0.1, 0.15) is 0 Å². The van der Waals surface area contributed by atoms with Crippen molar-refractivity contribution in [2.24, 2.45) is 0 Å². The highest BCUT2D eigenvalue weighted by Gasteiger charge is 2.15. The van der Waals surface area contributed by atoms with Gasteiger partial charge in [0.05, 0.1) is 0 Å². The van der Waals surface area contributed by atoms with Crippen molar-refractivity contribution in [3.05, 3.63) is 54.6 Å². The fourth-order valence-electron chi connectivity index (χ4n) is 2.80. The van der Waals surface area contributed by atoms with E-state index in [1.165, 1.54) is 19.3 Å². The van der Waals surface area contributed by atoms with Gasteiger partial charge >= 0.3 is 11.8 Å². The minimum Gasteiger partial charge on any atom is -0.372 e. The quantitative estimate of drug-likeness (QED) is 0.852. The van der Waals surface area contributed by atoms with E-state index in [0.717, 1.165) is 18.8 Å².